The Morgan fingerprint density at radius 1 is 1.07 bits per heavy atom. The molecule has 2 aromatic rings. The molecule has 1 aromatic heterocycles. The number of aromatic nitrogens is 1. The van der Waals surface area contributed by atoms with E-state index < -0.39 is 6.04 Å². The summed E-state index contributed by atoms with van der Waals surface area (Å²) in [4.78, 5) is 34.2. The molecule has 154 valence electrons. The van der Waals surface area contributed by atoms with Crippen LogP contribution in [-0.2, 0) is 11.3 Å². The zero-order chi connectivity index (χ0) is 20.8. The summed E-state index contributed by atoms with van der Waals surface area (Å²) in [7, 11) is 0. The summed E-state index contributed by atoms with van der Waals surface area (Å²) in [6.45, 7) is 7.54. The van der Waals surface area contributed by atoms with Crippen molar-refractivity contribution in [3.05, 3.63) is 64.9 Å². The highest BCUT2D eigenvalue weighted by atomic mass is 35.5. The largest absolute Gasteiger partial charge is 0.340 e. The lowest BCUT2D eigenvalue weighted by atomic mass is 10.0. The minimum atomic E-state index is -0.555. The van der Waals surface area contributed by atoms with Crippen LogP contribution in [0.5, 0.6) is 0 Å². The molecule has 1 aliphatic rings. The molecule has 1 atom stereocenters. The Bertz CT molecular complexity index is 818. The molecule has 0 aliphatic carbocycles. The third-order valence-electron chi connectivity index (χ3n) is 5.12. The first-order valence-corrected chi connectivity index (χ1v) is 10.3. The molecular formula is C22H27ClN4O2. The maximum atomic E-state index is 13.1. The average molecular weight is 415 g/mol. The Morgan fingerprint density at radius 2 is 1.76 bits per heavy atom. The first-order chi connectivity index (χ1) is 13.9. The van der Waals surface area contributed by atoms with Gasteiger partial charge in [0.1, 0.15) is 6.04 Å². The zero-order valence-corrected chi connectivity index (χ0v) is 17.6. The lowest BCUT2D eigenvalue weighted by Gasteiger charge is -2.37. The molecular weight excluding hydrogens is 388 g/mol. The van der Waals surface area contributed by atoms with E-state index in [9.17, 15) is 9.59 Å². The number of benzene rings is 1. The summed E-state index contributed by atoms with van der Waals surface area (Å²) >= 11 is 5.89. The van der Waals surface area contributed by atoms with E-state index in [-0.39, 0.29) is 17.7 Å². The summed E-state index contributed by atoms with van der Waals surface area (Å²) < 4.78 is 0. The topological polar surface area (TPSA) is 65.5 Å². The molecule has 6 nitrogen and oxygen atoms in total. The molecule has 3 rings (SSSR count). The standard InChI is InChI=1S/C22H27ClN4O2/c1-16(2)20(25-21(28)17-6-8-18(23)9-7-17)22(29)27-13-11-26(12-14-27)15-19-5-3-4-10-24-19/h3-10,16,20H,11-15H2,1-2H3,(H,25,28)/t20-/m1/s1. The summed E-state index contributed by atoms with van der Waals surface area (Å²) in [5, 5.41) is 3.47. The molecule has 7 heteroatoms. The average Bonchev–Trinajstić information content (AvgIpc) is 2.73. The fourth-order valence-corrected chi connectivity index (χ4v) is 3.51. The summed E-state index contributed by atoms with van der Waals surface area (Å²) in [6.07, 6.45) is 1.80. The van der Waals surface area contributed by atoms with Gasteiger partial charge in [0.25, 0.3) is 5.91 Å². The molecule has 1 fully saturated rings. The van der Waals surface area contributed by atoms with E-state index in [1.807, 2.05) is 36.9 Å². The van der Waals surface area contributed by atoms with Gasteiger partial charge in [-0.25, -0.2) is 0 Å². The van der Waals surface area contributed by atoms with E-state index in [1.54, 1.807) is 30.5 Å². The van der Waals surface area contributed by atoms with Gasteiger partial charge in [-0.15, -0.1) is 0 Å². The van der Waals surface area contributed by atoms with E-state index in [2.05, 4.69) is 15.2 Å². The molecule has 1 N–H and O–H groups in total. The van der Waals surface area contributed by atoms with Crippen molar-refractivity contribution < 1.29 is 9.59 Å². The Morgan fingerprint density at radius 3 is 2.34 bits per heavy atom. The van der Waals surface area contributed by atoms with Crippen LogP contribution in [0.3, 0.4) is 0 Å². The van der Waals surface area contributed by atoms with E-state index in [1.165, 1.54) is 0 Å². The van der Waals surface area contributed by atoms with Crippen molar-refractivity contribution in [1.82, 2.24) is 20.1 Å². The molecule has 0 saturated carbocycles. The lowest BCUT2D eigenvalue weighted by molar-refractivity contribution is -0.136. The Labute approximate surface area is 176 Å². The van der Waals surface area contributed by atoms with Crippen molar-refractivity contribution in [2.45, 2.75) is 26.4 Å². The Hall–Kier alpha value is -2.44. The van der Waals surface area contributed by atoms with Crippen molar-refractivity contribution >= 4 is 23.4 Å². The number of hydrogen-bond acceptors (Lipinski definition) is 4. The predicted octanol–water partition coefficient (Wildman–Crippen LogP) is 2.83. The van der Waals surface area contributed by atoms with E-state index in [4.69, 9.17) is 11.6 Å². The number of nitrogens with one attached hydrogen (secondary N) is 1. The summed E-state index contributed by atoms with van der Waals surface area (Å²) in [5.74, 6) is -0.299. The highest BCUT2D eigenvalue weighted by molar-refractivity contribution is 6.30. The van der Waals surface area contributed by atoms with Crippen LogP contribution in [0, 0.1) is 5.92 Å². The summed E-state index contributed by atoms with van der Waals surface area (Å²) in [5.41, 5.74) is 1.52. The number of pyridine rings is 1. The molecule has 1 saturated heterocycles. The van der Waals surface area contributed by atoms with Gasteiger partial charge >= 0.3 is 0 Å². The first-order valence-electron chi connectivity index (χ1n) is 9.91. The summed E-state index contributed by atoms with van der Waals surface area (Å²) in [6, 6.07) is 12.0. The van der Waals surface area contributed by atoms with E-state index in [0.29, 0.717) is 23.7 Å². The SMILES string of the molecule is CC(C)[C@@H](NC(=O)c1ccc(Cl)cc1)C(=O)N1CCN(Cc2ccccn2)CC1. The van der Waals surface area contributed by atoms with Crippen molar-refractivity contribution in [3.63, 3.8) is 0 Å². The number of carbonyl (C=O) groups excluding carboxylic acids is 2. The van der Waals surface area contributed by atoms with Crippen LogP contribution in [-0.4, -0.2) is 58.8 Å². The van der Waals surface area contributed by atoms with Crippen LogP contribution in [0.1, 0.15) is 29.9 Å². The third-order valence-corrected chi connectivity index (χ3v) is 5.37. The lowest BCUT2D eigenvalue weighted by Crippen LogP contribution is -2.56. The minimum Gasteiger partial charge on any atom is -0.340 e. The number of hydrogen-bond donors (Lipinski definition) is 1. The van der Waals surface area contributed by atoms with Gasteiger partial charge in [-0.1, -0.05) is 31.5 Å². The fourth-order valence-electron chi connectivity index (χ4n) is 3.38. The van der Waals surface area contributed by atoms with Gasteiger partial charge in [0, 0.05) is 49.5 Å². The van der Waals surface area contributed by atoms with Gasteiger partial charge in [0.05, 0.1) is 5.69 Å². The van der Waals surface area contributed by atoms with Gasteiger partial charge in [0.2, 0.25) is 5.91 Å². The van der Waals surface area contributed by atoms with Gasteiger partial charge < -0.3 is 10.2 Å². The predicted molar refractivity (Wildman–Crippen MR) is 114 cm³/mol. The molecule has 0 radical (unpaired) electrons. The van der Waals surface area contributed by atoms with Gasteiger partial charge in [-0.2, -0.15) is 0 Å². The van der Waals surface area contributed by atoms with Gasteiger partial charge in [-0.05, 0) is 42.3 Å². The van der Waals surface area contributed by atoms with Crippen LogP contribution in [0.4, 0.5) is 0 Å². The minimum absolute atomic E-state index is 0.00898. The molecule has 0 unspecified atom stereocenters. The normalized spacial score (nSPS) is 15.9. The molecule has 2 amide bonds. The number of piperazine rings is 1. The van der Waals surface area contributed by atoms with E-state index >= 15 is 0 Å². The third kappa shape index (κ3) is 5.78. The van der Waals surface area contributed by atoms with Crippen LogP contribution in [0.15, 0.2) is 48.7 Å². The quantitative estimate of drug-likeness (QED) is 0.789. The van der Waals surface area contributed by atoms with Crippen molar-refractivity contribution in [2.24, 2.45) is 5.92 Å². The second kappa shape index (κ2) is 9.85. The number of carbonyl (C=O) groups is 2. The molecule has 0 spiro atoms. The highest BCUT2D eigenvalue weighted by Crippen LogP contribution is 2.14. The molecule has 29 heavy (non-hydrogen) atoms. The van der Waals surface area contributed by atoms with Crippen molar-refractivity contribution in [2.75, 3.05) is 26.2 Å². The number of nitrogens with zero attached hydrogens (tertiary/aromatic N) is 3. The number of rotatable bonds is 6. The second-order valence-corrected chi connectivity index (χ2v) is 8.06. The first kappa shape index (κ1) is 21.3. The van der Waals surface area contributed by atoms with Gasteiger partial charge in [-0.3, -0.25) is 19.5 Å². The Balaban J connectivity index is 1.57. The molecule has 0 bridgehead atoms. The number of amides is 2. The zero-order valence-electron chi connectivity index (χ0n) is 16.8. The second-order valence-electron chi connectivity index (χ2n) is 7.62. The van der Waals surface area contributed by atoms with Gasteiger partial charge in [0.15, 0.2) is 0 Å². The molecule has 1 aromatic carbocycles. The maximum absolute atomic E-state index is 13.1. The van der Waals surface area contributed by atoms with Crippen LogP contribution >= 0.6 is 11.6 Å². The van der Waals surface area contributed by atoms with Crippen molar-refractivity contribution in [1.29, 1.82) is 0 Å². The van der Waals surface area contributed by atoms with E-state index in [0.717, 1.165) is 25.3 Å². The fraction of sp³-hybridized carbons (Fsp3) is 0.409. The monoisotopic (exact) mass is 414 g/mol. The maximum Gasteiger partial charge on any atom is 0.251 e. The van der Waals surface area contributed by atoms with Crippen LogP contribution in [0.2, 0.25) is 5.02 Å². The molecule has 2 heterocycles. The molecule has 1 aliphatic heterocycles. The Kier molecular flexibility index (Phi) is 7.23. The van der Waals surface area contributed by atoms with Crippen LogP contribution in [0.25, 0.3) is 0 Å². The number of halogens is 1. The highest BCUT2D eigenvalue weighted by Gasteiger charge is 2.31. The van der Waals surface area contributed by atoms with Crippen molar-refractivity contribution in [3.8, 4) is 0 Å². The smallest absolute Gasteiger partial charge is 0.251 e. The van der Waals surface area contributed by atoms with Crippen LogP contribution < -0.4 is 5.32 Å².